The number of halogens is 1. The van der Waals surface area contributed by atoms with Crippen molar-refractivity contribution < 1.29 is 9.90 Å². The van der Waals surface area contributed by atoms with Crippen LogP contribution in [0.25, 0.3) is 0 Å². The molecule has 0 unspecified atom stereocenters. The summed E-state index contributed by atoms with van der Waals surface area (Å²) in [6, 6.07) is 1.30. The van der Waals surface area contributed by atoms with E-state index in [0.717, 1.165) is 0 Å². The Kier molecular flexibility index (Phi) is 1.63. The molecule has 4 nitrogen and oxygen atoms in total. The molecule has 0 saturated carbocycles. The highest BCUT2D eigenvalue weighted by Crippen LogP contribution is 2.08. The summed E-state index contributed by atoms with van der Waals surface area (Å²) in [5.41, 5.74) is -0.0347. The molecule has 0 aliphatic heterocycles. The number of hydrogen-bond acceptors (Lipinski definition) is 2. The van der Waals surface area contributed by atoms with Crippen molar-refractivity contribution in [3.8, 4) is 0 Å². The third-order valence-electron chi connectivity index (χ3n) is 1.04. The van der Waals surface area contributed by atoms with E-state index in [4.69, 9.17) is 16.7 Å². The molecule has 1 aromatic rings. The van der Waals surface area contributed by atoms with Crippen LogP contribution in [-0.4, -0.2) is 20.9 Å². The average molecular weight is 161 g/mol. The number of carboxylic acids is 1. The Morgan fingerprint density at radius 1 is 1.90 bits per heavy atom. The molecule has 1 rings (SSSR count). The first-order valence-electron chi connectivity index (χ1n) is 2.54. The van der Waals surface area contributed by atoms with E-state index in [-0.39, 0.29) is 5.69 Å². The van der Waals surface area contributed by atoms with Gasteiger partial charge in [0.2, 0.25) is 0 Å². The molecule has 0 bridgehead atoms. The molecule has 1 aromatic heterocycles. The van der Waals surface area contributed by atoms with Crippen LogP contribution in [-0.2, 0) is 7.05 Å². The summed E-state index contributed by atoms with van der Waals surface area (Å²) in [5, 5.41) is 12.3. The molecule has 1 heterocycles. The third kappa shape index (κ3) is 1.11. The van der Waals surface area contributed by atoms with Crippen molar-refractivity contribution in [2.24, 2.45) is 7.05 Å². The lowest BCUT2D eigenvalue weighted by Gasteiger charge is -1.85. The van der Waals surface area contributed by atoms with Crippen LogP contribution in [0.1, 0.15) is 10.5 Å². The first-order valence-corrected chi connectivity index (χ1v) is 2.92. The van der Waals surface area contributed by atoms with Gasteiger partial charge in [-0.2, -0.15) is 5.10 Å². The Morgan fingerprint density at radius 2 is 2.50 bits per heavy atom. The molecule has 0 amide bonds. The first kappa shape index (κ1) is 7.08. The molecule has 5 heteroatoms. The van der Waals surface area contributed by atoms with Gasteiger partial charge in [-0.25, -0.2) is 4.79 Å². The van der Waals surface area contributed by atoms with E-state index in [0.29, 0.717) is 5.15 Å². The Balaban J connectivity index is 3.10. The Labute approximate surface area is 62.0 Å². The van der Waals surface area contributed by atoms with Gasteiger partial charge in [0, 0.05) is 13.1 Å². The number of rotatable bonds is 1. The maximum Gasteiger partial charge on any atom is 0.356 e. The van der Waals surface area contributed by atoms with Crippen LogP contribution in [0.4, 0.5) is 0 Å². The smallest absolute Gasteiger partial charge is 0.356 e. The second-order valence-electron chi connectivity index (χ2n) is 1.78. The van der Waals surface area contributed by atoms with Crippen molar-refractivity contribution in [1.82, 2.24) is 9.78 Å². The zero-order valence-electron chi connectivity index (χ0n) is 5.21. The number of aryl methyl sites for hydroxylation is 1. The Bertz CT molecular complexity index is 249. The van der Waals surface area contributed by atoms with Gasteiger partial charge >= 0.3 is 5.97 Å². The number of nitrogens with zero attached hydrogens (tertiary/aromatic N) is 2. The lowest BCUT2D eigenvalue weighted by atomic mass is 10.4. The van der Waals surface area contributed by atoms with Gasteiger partial charge in [0.1, 0.15) is 5.15 Å². The van der Waals surface area contributed by atoms with Crippen LogP contribution in [0.2, 0.25) is 5.15 Å². The maximum absolute atomic E-state index is 10.2. The van der Waals surface area contributed by atoms with Crippen LogP contribution in [0, 0.1) is 0 Å². The number of hydrogen-bond donors (Lipinski definition) is 1. The largest absolute Gasteiger partial charge is 0.476 e. The topological polar surface area (TPSA) is 55.1 Å². The van der Waals surface area contributed by atoms with Crippen molar-refractivity contribution in [3.63, 3.8) is 0 Å². The van der Waals surface area contributed by atoms with E-state index in [1.54, 1.807) is 7.05 Å². The highest BCUT2D eigenvalue weighted by Gasteiger charge is 2.08. The van der Waals surface area contributed by atoms with Crippen LogP contribution < -0.4 is 0 Å². The summed E-state index contributed by atoms with van der Waals surface area (Å²) >= 11 is 5.51. The van der Waals surface area contributed by atoms with Crippen molar-refractivity contribution in [3.05, 3.63) is 16.9 Å². The van der Waals surface area contributed by atoms with Crippen molar-refractivity contribution >= 4 is 17.6 Å². The Morgan fingerprint density at radius 3 is 2.70 bits per heavy atom. The summed E-state index contributed by atoms with van der Waals surface area (Å²) in [6.07, 6.45) is 0. The number of aromatic nitrogens is 2. The van der Waals surface area contributed by atoms with E-state index in [1.165, 1.54) is 10.7 Å². The van der Waals surface area contributed by atoms with Gasteiger partial charge in [0.05, 0.1) is 0 Å². The summed E-state index contributed by atoms with van der Waals surface area (Å²) < 4.78 is 1.30. The number of aromatic carboxylic acids is 1. The van der Waals surface area contributed by atoms with E-state index in [2.05, 4.69) is 5.10 Å². The van der Waals surface area contributed by atoms with Crippen molar-refractivity contribution in [2.45, 2.75) is 0 Å². The molecule has 54 valence electrons. The second-order valence-corrected chi connectivity index (χ2v) is 2.17. The minimum absolute atomic E-state index is 0.0347. The first-order chi connectivity index (χ1) is 4.61. The Hall–Kier alpha value is -1.03. The monoisotopic (exact) mass is 160 g/mol. The van der Waals surface area contributed by atoms with Crippen LogP contribution in [0.15, 0.2) is 6.07 Å². The van der Waals surface area contributed by atoms with Crippen molar-refractivity contribution in [2.75, 3.05) is 0 Å². The zero-order chi connectivity index (χ0) is 7.72. The molecular formula is C5H5ClN2O2. The lowest BCUT2D eigenvalue weighted by molar-refractivity contribution is 0.0689. The van der Waals surface area contributed by atoms with Crippen LogP contribution >= 0.6 is 11.6 Å². The fraction of sp³-hybridized carbons (Fsp3) is 0.200. The normalized spacial score (nSPS) is 9.80. The summed E-state index contributed by atoms with van der Waals surface area (Å²) in [6.45, 7) is 0. The summed E-state index contributed by atoms with van der Waals surface area (Å²) in [5.74, 6) is -1.07. The van der Waals surface area contributed by atoms with Gasteiger partial charge in [-0.15, -0.1) is 0 Å². The molecule has 0 aliphatic carbocycles. The number of carboxylic acid groups (broad SMARTS) is 1. The van der Waals surface area contributed by atoms with Gasteiger partial charge in [-0.3, -0.25) is 4.68 Å². The predicted octanol–water partition coefficient (Wildman–Crippen LogP) is 0.772. The summed E-state index contributed by atoms with van der Waals surface area (Å²) in [7, 11) is 1.58. The van der Waals surface area contributed by atoms with E-state index < -0.39 is 5.97 Å². The van der Waals surface area contributed by atoms with E-state index in [9.17, 15) is 4.79 Å². The molecule has 0 atom stereocenters. The molecule has 10 heavy (non-hydrogen) atoms. The standard InChI is InChI=1S/C5H5ClN2O2/c1-8-4(6)2-3(7-8)5(9)10/h2H,1H3,(H,9,10). The molecule has 0 saturated heterocycles. The lowest BCUT2D eigenvalue weighted by Crippen LogP contribution is -1.98. The summed E-state index contributed by atoms with van der Waals surface area (Å²) in [4.78, 5) is 10.2. The molecule has 0 radical (unpaired) electrons. The van der Waals surface area contributed by atoms with E-state index >= 15 is 0 Å². The molecule has 0 spiro atoms. The van der Waals surface area contributed by atoms with Crippen LogP contribution in [0.3, 0.4) is 0 Å². The van der Waals surface area contributed by atoms with Crippen molar-refractivity contribution in [1.29, 1.82) is 0 Å². The van der Waals surface area contributed by atoms with Gasteiger partial charge in [-0.1, -0.05) is 11.6 Å². The third-order valence-corrected chi connectivity index (χ3v) is 1.40. The molecular weight excluding hydrogens is 156 g/mol. The minimum atomic E-state index is -1.07. The zero-order valence-corrected chi connectivity index (χ0v) is 5.96. The second kappa shape index (κ2) is 2.30. The molecule has 0 fully saturated rings. The minimum Gasteiger partial charge on any atom is -0.476 e. The van der Waals surface area contributed by atoms with Gasteiger partial charge < -0.3 is 5.11 Å². The molecule has 0 aliphatic rings. The average Bonchev–Trinajstić information content (AvgIpc) is 2.13. The fourth-order valence-electron chi connectivity index (χ4n) is 0.549. The SMILES string of the molecule is Cn1nc(C(=O)O)cc1Cl. The number of carbonyl (C=O) groups is 1. The highest BCUT2D eigenvalue weighted by molar-refractivity contribution is 6.29. The molecule has 0 aromatic carbocycles. The maximum atomic E-state index is 10.2. The van der Waals surface area contributed by atoms with Gasteiger partial charge in [-0.05, 0) is 0 Å². The fourth-order valence-corrected chi connectivity index (χ4v) is 0.690. The highest BCUT2D eigenvalue weighted by atomic mass is 35.5. The van der Waals surface area contributed by atoms with Crippen LogP contribution in [0.5, 0.6) is 0 Å². The van der Waals surface area contributed by atoms with Gasteiger partial charge in [0.15, 0.2) is 5.69 Å². The van der Waals surface area contributed by atoms with E-state index in [1.807, 2.05) is 0 Å². The predicted molar refractivity (Wildman–Crippen MR) is 35.2 cm³/mol. The molecule has 1 N–H and O–H groups in total. The van der Waals surface area contributed by atoms with Gasteiger partial charge in [0.25, 0.3) is 0 Å². The quantitative estimate of drug-likeness (QED) is 0.660.